The number of aliphatic hydroxyl groups is 1. The van der Waals surface area contributed by atoms with E-state index < -0.39 is 65.0 Å². The summed E-state index contributed by atoms with van der Waals surface area (Å²) in [5.41, 5.74) is -0.720. The van der Waals surface area contributed by atoms with E-state index in [-0.39, 0.29) is 19.0 Å². The quantitative estimate of drug-likeness (QED) is 0.186. The highest BCUT2D eigenvalue weighted by Crippen LogP contribution is 2.33. The molecule has 3 aromatic heterocycles. The number of ether oxygens (including phenoxy) is 1. The van der Waals surface area contributed by atoms with Crippen LogP contribution in [0, 0.1) is 5.41 Å². The Labute approximate surface area is 302 Å². The van der Waals surface area contributed by atoms with Crippen LogP contribution in [0.25, 0.3) is 21.7 Å². The molecule has 5 amide bonds. The SMILES string of the molecule is CCC[C@H](NC(=O)C1CC(Oc2nc(-c3ccccn3)nc3sccc23)CN1C(=O)[C@@H](NC(=O)NC(C)(C)C)C(C)(C)C)C(O)C(=O)NC1CC1. The van der Waals surface area contributed by atoms with Crippen molar-refractivity contribution in [1.29, 1.82) is 0 Å². The number of nitrogens with one attached hydrogen (secondary N) is 4. The standard InChI is InChI=1S/C36H50N8O6S/c1-8-11-23(26(45)30(47)38-20-13-14-20)39-29(46)25-18-21(19-44(25)33(48)27(35(2,3)4)40-34(49)43-36(5,6)7)50-31-22-15-17-51-32(22)42-28(41-31)24-12-9-10-16-37-24/h9-10,12,15-17,20-21,23,25-27,45H,8,11,13-14,18-19H2,1-7H3,(H,38,47)(H,39,46)(H2,40,43,49)/t21?,23-,25?,26?,27+/m0/s1. The number of likely N-dealkylation sites (tertiary alicyclic amines) is 1. The van der Waals surface area contributed by atoms with Crippen molar-refractivity contribution in [2.75, 3.05) is 6.54 Å². The third kappa shape index (κ3) is 9.70. The van der Waals surface area contributed by atoms with Gasteiger partial charge in [-0.25, -0.2) is 9.78 Å². The van der Waals surface area contributed by atoms with Gasteiger partial charge in [0, 0.05) is 24.2 Å². The second-order valence-corrected chi connectivity index (χ2v) is 16.4. The van der Waals surface area contributed by atoms with Crippen molar-refractivity contribution in [2.45, 2.75) is 122 Å². The largest absolute Gasteiger partial charge is 0.472 e. The number of amides is 5. The minimum atomic E-state index is -1.46. The first-order valence-corrected chi connectivity index (χ1v) is 18.4. The van der Waals surface area contributed by atoms with Crippen molar-refractivity contribution < 1.29 is 29.0 Å². The highest BCUT2D eigenvalue weighted by Gasteiger charge is 2.47. The second kappa shape index (κ2) is 15.5. The molecule has 5 N–H and O–H groups in total. The zero-order valence-corrected chi connectivity index (χ0v) is 31.2. The Morgan fingerprint density at radius 2 is 1.80 bits per heavy atom. The predicted molar refractivity (Wildman–Crippen MR) is 194 cm³/mol. The smallest absolute Gasteiger partial charge is 0.315 e. The lowest BCUT2D eigenvalue weighted by Gasteiger charge is -2.36. The van der Waals surface area contributed by atoms with Gasteiger partial charge in [-0.1, -0.05) is 40.2 Å². The number of nitrogens with zero attached hydrogens (tertiary/aromatic N) is 4. The average molecular weight is 723 g/mol. The zero-order valence-electron chi connectivity index (χ0n) is 30.4. The molecule has 1 aliphatic carbocycles. The highest BCUT2D eigenvalue weighted by molar-refractivity contribution is 7.16. The number of carbonyl (C=O) groups excluding carboxylic acids is 4. The topological polar surface area (TPSA) is 188 Å². The van der Waals surface area contributed by atoms with Crippen LogP contribution >= 0.6 is 11.3 Å². The molecule has 15 heteroatoms. The predicted octanol–water partition coefficient (Wildman–Crippen LogP) is 3.54. The third-order valence-corrected chi connectivity index (χ3v) is 9.50. The van der Waals surface area contributed by atoms with Gasteiger partial charge >= 0.3 is 6.03 Å². The van der Waals surface area contributed by atoms with E-state index in [1.165, 1.54) is 16.2 Å². The molecule has 5 rings (SSSR count). The lowest BCUT2D eigenvalue weighted by molar-refractivity contribution is -0.143. The van der Waals surface area contributed by atoms with Crippen LogP contribution in [0.3, 0.4) is 0 Å². The van der Waals surface area contributed by atoms with Gasteiger partial charge in [0.25, 0.3) is 5.91 Å². The fourth-order valence-electron chi connectivity index (χ4n) is 5.98. The van der Waals surface area contributed by atoms with Crippen molar-refractivity contribution in [2.24, 2.45) is 5.41 Å². The van der Waals surface area contributed by atoms with Crippen LogP contribution in [-0.4, -0.2) is 97.2 Å². The summed E-state index contributed by atoms with van der Waals surface area (Å²) < 4.78 is 6.51. The minimum Gasteiger partial charge on any atom is -0.472 e. The van der Waals surface area contributed by atoms with E-state index in [4.69, 9.17) is 9.72 Å². The minimum absolute atomic E-state index is 0.0176. The average Bonchev–Trinajstić information content (AvgIpc) is 3.56. The number of urea groups is 1. The summed E-state index contributed by atoms with van der Waals surface area (Å²) in [4.78, 5) is 70.4. The van der Waals surface area contributed by atoms with Crippen molar-refractivity contribution >= 4 is 45.3 Å². The van der Waals surface area contributed by atoms with Gasteiger partial charge in [-0.15, -0.1) is 11.3 Å². The molecule has 0 aromatic carbocycles. The van der Waals surface area contributed by atoms with Crippen LogP contribution in [0.1, 0.15) is 80.6 Å². The maximum atomic E-state index is 14.5. The van der Waals surface area contributed by atoms with Crippen LogP contribution < -0.4 is 26.0 Å². The van der Waals surface area contributed by atoms with Gasteiger partial charge in [-0.2, -0.15) is 4.98 Å². The summed E-state index contributed by atoms with van der Waals surface area (Å²) >= 11 is 1.43. The van der Waals surface area contributed by atoms with E-state index in [1.54, 1.807) is 18.3 Å². The second-order valence-electron chi connectivity index (χ2n) is 15.5. The maximum Gasteiger partial charge on any atom is 0.315 e. The van der Waals surface area contributed by atoms with E-state index in [2.05, 4.69) is 31.2 Å². The first kappa shape index (κ1) is 37.9. The Balaban J connectivity index is 1.44. The third-order valence-electron chi connectivity index (χ3n) is 8.69. The molecule has 3 unspecified atom stereocenters. The van der Waals surface area contributed by atoms with Gasteiger partial charge in [0.1, 0.15) is 28.7 Å². The monoisotopic (exact) mass is 722 g/mol. The summed E-state index contributed by atoms with van der Waals surface area (Å²) in [7, 11) is 0. The number of carbonyl (C=O) groups is 4. The molecule has 4 heterocycles. The lowest BCUT2D eigenvalue weighted by Crippen LogP contribution is -2.61. The molecule has 0 bridgehead atoms. The Hall–Kier alpha value is -4.37. The summed E-state index contributed by atoms with van der Waals surface area (Å²) in [6, 6.07) is 3.91. The van der Waals surface area contributed by atoms with Crippen LogP contribution in [0.15, 0.2) is 35.8 Å². The van der Waals surface area contributed by atoms with Crippen LogP contribution in [0.5, 0.6) is 5.88 Å². The number of thiophene rings is 1. The number of aromatic nitrogens is 3. The highest BCUT2D eigenvalue weighted by atomic mass is 32.1. The Morgan fingerprint density at radius 1 is 1.06 bits per heavy atom. The molecular weight excluding hydrogens is 673 g/mol. The Morgan fingerprint density at radius 3 is 2.43 bits per heavy atom. The van der Waals surface area contributed by atoms with Crippen LogP contribution in [0.4, 0.5) is 4.79 Å². The summed E-state index contributed by atoms with van der Waals surface area (Å²) in [6.07, 6.45) is 2.27. The Kier molecular flexibility index (Phi) is 11.5. The van der Waals surface area contributed by atoms with E-state index >= 15 is 0 Å². The van der Waals surface area contributed by atoms with E-state index in [0.29, 0.717) is 40.5 Å². The molecule has 51 heavy (non-hydrogen) atoms. The number of rotatable bonds is 12. The van der Waals surface area contributed by atoms with Gasteiger partial charge in [-0.3, -0.25) is 19.4 Å². The van der Waals surface area contributed by atoms with Crippen molar-refractivity contribution in [3.05, 3.63) is 35.8 Å². The first-order valence-electron chi connectivity index (χ1n) is 17.5. The summed E-state index contributed by atoms with van der Waals surface area (Å²) in [5, 5.41) is 24.9. The lowest BCUT2D eigenvalue weighted by atomic mass is 9.85. The molecule has 1 aliphatic heterocycles. The fraction of sp³-hybridized carbons (Fsp3) is 0.583. The molecule has 2 aliphatic rings. The van der Waals surface area contributed by atoms with Crippen molar-refractivity contribution in [1.82, 2.24) is 41.1 Å². The molecule has 5 atom stereocenters. The Bertz CT molecular complexity index is 1720. The van der Waals surface area contributed by atoms with Crippen LogP contribution in [0.2, 0.25) is 0 Å². The van der Waals surface area contributed by atoms with Gasteiger partial charge in [-0.05, 0) is 69.0 Å². The number of hydrogen-bond donors (Lipinski definition) is 5. The van der Waals surface area contributed by atoms with Crippen LogP contribution in [-0.2, 0) is 14.4 Å². The van der Waals surface area contributed by atoms with Crippen molar-refractivity contribution in [3.63, 3.8) is 0 Å². The van der Waals surface area contributed by atoms with E-state index in [0.717, 1.165) is 12.8 Å². The molecule has 0 radical (unpaired) electrons. The molecule has 1 saturated heterocycles. The van der Waals surface area contributed by atoms with Gasteiger partial charge in [0.2, 0.25) is 17.7 Å². The maximum absolute atomic E-state index is 14.5. The molecule has 3 aromatic rings. The number of pyridine rings is 1. The van der Waals surface area contributed by atoms with Crippen molar-refractivity contribution in [3.8, 4) is 17.4 Å². The molecule has 1 saturated carbocycles. The van der Waals surface area contributed by atoms with E-state index in [1.807, 2.05) is 66.0 Å². The first-order chi connectivity index (χ1) is 24.0. The fourth-order valence-corrected chi connectivity index (χ4v) is 6.73. The normalized spacial score (nSPS) is 19.6. The summed E-state index contributed by atoms with van der Waals surface area (Å²) in [6.45, 7) is 12.9. The zero-order chi connectivity index (χ0) is 37.1. The molecule has 0 spiro atoms. The molecular formula is C36H50N8O6S. The summed E-state index contributed by atoms with van der Waals surface area (Å²) in [5.74, 6) is -0.856. The number of hydrogen-bond acceptors (Lipinski definition) is 10. The van der Waals surface area contributed by atoms with Gasteiger partial charge < -0.3 is 36.0 Å². The van der Waals surface area contributed by atoms with Gasteiger partial charge in [0.05, 0.1) is 18.0 Å². The number of fused-ring (bicyclic) bond motifs is 1. The molecule has 2 fully saturated rings. The molecule has 14 nitrogen and oxygen atoms in total. The number of aliphatic hydroxyl groups excluding tert-OH is 1. The van der Waals surface area contributed by atoms with Gasteiger partial charge in [0.15, 0.2) is 11.9 Å². The van der Waals surface area contributed by atoms with E-state index in [9.17, 15) is 24.3 Å². The molecule has 276 valence electrons.